The minimum Gasteiger partial charge on any atom is -0.487 e. The van der Waals surface area contributed by atoms with Crippen LogP contribution in [0.1, 0.15) is 63.4 Å². The smallest absolute Gasteiger partial charge is 0.410 e. The summed E-state index contributed by atoms with van der Waals surface area (Å²) in [6.45, 7) is 14.0. The van der Waals surface area contributed by atoms with Crippen LogP contribution in [0, 0.1) is 12.8 Å². The van der Waals surface area contributed by atoms with Crippen molar-refractivity contribution in [3.05, 3.63) is 40.4 Å². The molecule has 1 fully saturated rings. The van der Waals surface area contributed by atoms with E-state index in [1.54, 1.807) is 27.3 Å². The predicted molar refractivity (Wildman–Crippen MR) is 138 cm³/mol. The molecule has 0 radical (unpaired) electrons. The van der Waals surface area contributed by atoms with Crippen molar-refractivity contribution in [3.63, 3.8) is 0 Å². The molecular formula is C26H37N3O5S. The molecule has 2 heterocycles. The third kappa shape index (κ3) is 6.93. The zero-order chi connectivity index (χ0) is 25.8. The first-order chi connectivity index (χ1) is 16.5. The van der Waals surface area contributed by atoms with Crippen molar-refractivity contribution < 1.29 is 23.3 Å². The molecular weight excluding hydrogens is 466 g/mol. The Labute approximate surface area is 210 Å². The van der Waals surface area contributed by atoms with Gasteiger partial charge >= 0.3 is 6.09 Å². The van der Waals surface area contributed by atoms with Gasteiger partial charge in [-0.3, -0.25) is 4.79 Å². The van der Waals surface area contributed by atoms with Crippen molar-refractivity contribution in [1.29, 1.82) is 0 Å². The van der Waals surface area contributed by atoms with E-state index < -0.39 is 16.4 Å². The molecule has 8 nitrogen and oxygen atoms in total. The van der Waals surface area contributed by atoms with Gasteiger partial charge in [-0.25, -0.2) is 14.0 Å². The van der Waals surface area contributed by atoms with Gasteiger partial charge in [0.05, 0.1) is 16.5 Å². The third-order valence-corrected chi connectivity index (χ3v) is 7.37. The number of amides is 2. The van der Waals surface area contributed by atoms with Gasteiger partial charge in [-0.1, -0.05) is 0 Å². The fourth-order valence-corrected chi connectivity index (χ4v) is 5.40. The predicted octanol–water partition coefficient (Wildman–Crippen LogP) is 4.51. The van der Waals surface area contributed by atoms with Gasteiger partial charge in [-0.05, 0) is 78.1 Å². The molecule has 192 valence electrons. The SMILES string of the molecule is CCN(CC)C(=O)c1ccc(OCC2=CS(=O)C(C3CCN(C(=O)OC(C)(C)C)CC3)=N2)c(C)c1. The number of rotatable bonds is 7. The second-order valence-electron chi connectivity index (χ2n) is 9.84. The van der Waals surface area contributed by atoms with Crippen LogP contribution in [0.25, 0.3) is 0 Å². The zero-order valence-corrected chi connectivity index (χ0v) is 22.4. The molecule has 1 unspecified atom stereocenters. The lowest BCUT2D eigenvalue weighted by molar-refractivity contribution is 0.0202. The standard InChI is InChI=1S/C26H37N3O5S/c1-7-28(8-2)24(30)20-9-10-22(18(3)15-20)33-16-21-17-35(32)23(27-21)19-11-13-29(14-12-19)25(31)34-26(4,5)6/h9-10,15,17,19H,7-8,11-14,16H2,1-6H3. The highest BCUT2D eigenvalue weighted by Crippen LogP contribution is 2.27. The van der Waals surface area contributed by atoms with Crippen molar-refractivity contribution in [2.45, 2.75) is 60.0 Å². The first kappa shape index (κ1) is 26.9. The fourth-order valence-electron chi connectivity index (χ4n) is 4.14. The number of aliphatic imine (C=N–C) groups is 1. The second kappa shape index (κ2) is 11.4. The molecule has 3 rings (SSSR count). The maximum atomic E-state index is 12.7. The molecule has 1 saturated heterocycles. The number of aryl methyl sites for hydroxylation is 1. The van der Waals surface area contributed by atoms with Gasteiger partial charge in [0, 0.05) is 43.1 Å². The molecule has 0 spiro atoms. The molecule has 2 amide bonds. The molecule has 1 aromatic carbocycles. The molecule has 0 N–H and O–H groups in total. The van der Waals surface area contributed by atoms with Crippen molar-refractivity contribution in [3.8, 4) is 5.75 Å². The molecule has 2 aliphatic rings. The summed E-state index contributed by atoms with van der Waals surface area (Å²) in [7, 11) is -1.28. The Balaban J connectivity index is 1.56. The van der Waals surface area contributed by atoms with E-state index in [4.69, 9.17) is 9.47 Å². The van der Waals surface area contributed by atoms with Gasteiger partial charge in [0.2, 0.25) is 0 Å². The molecule has 9 heteroatoms. The van der Waals surface area contributed by atoms with Crippen LogP contribution in [0.2, 0.25) is 0 Å². The van der Waals surface area contributed by atoms with Gasteiger partial charge in [-0.15, -0.1) is 0 Å². The van der Waals surface area contributed by atoms with Gasteiger partial charge in [0.15, 0.2) is 0 Å². The quantitative estimate of drug-likeness (QED) is 0.546. The van der Waals surface area contributed by atoms with E-state index in [1.807, 2.05) is 47.6 Å². The van der Waals surface area contributed by atoms with Crippen LogP contribution in [0.5, 0.6) is 5.75 Å². The summed E-state index contributed by atoms with van der Waals surface area (Å²) in [5.74, 6) is 0.739. The maximum Gasteiger partial charge on any atom is 0.410 e. The largest absolute Gasteiger partial charge is 0.487 e. The van der Waals surface area contributed by atoms with Crippen LogP contribution >= 0.6 is 0 Å². The van der Waals surface area contributed by atoms with Crippen LogP contribution in [0.4, 0.5) is 4.79 Å². The van der Waals surface area contributed by atoms with Crippen LogP contribution in [-0.2, 0) is 15.5 Å². The number of carbonyl (C=O) groups excluding carboxylic acids is 2. The van der Waals surface area contributed by atoms with Gasteiger partial charge < -0.3 is 19.3 Å². The fraction of sp³-hybridized carbons (Fsp3) is 0.577. The average Bonchev–Trinajstić information content (AvgIpc) is 3.18. The lowest BCUT2D eigenvalue weighted by atomic mass is 9.98. The summed E-state index contributed by atoms with van der Waals surface area (Å²) in [4.78, 5) is 33.0. The molecule has 1 aromatic rings. The lowest BCUT2D eigenvalue weighted by Gasteiger charge is -2.33. The summed E-state index contributed by atoms with van der Waals surface area (Å²) in [5.41, 5.74) is 1.61. The summed E-state index contributed by atoms with van der Waals surface area (Å²) in [6, 6.07) is 5.41. The summed E-state index contributed by atoms with van der Waals surface area (Å²) >= 11 is 0. The Morgan fingerprint density at radius 3 is 2.40 bits per heavy atom. The third-order valence-electron chi connectivity index (χ3n) is 6.05. The molecule has 2 aliphatic heterocycles. The minimum atomic E-state index is -1.28. The number of hydrogen-bond acceptors (Lipinski definition) is 6. The molecule has 35 heavy (non-hydrogen) atoms. The number of benzene rings is 1. The Morgan fingerprint density at radius 2 is 1.83 bits per heavy atom. The van der Waals surface area contributed by atoms with Gasteiger partial charge in [0.1, 0.15) is 23.0 Å². The average molecular weight is 504 g/mol. The van der Waals surface area contributed by atoms with E-state index in [1.165, 1.54) is 0 Å². The summed E-state index contributed by atoms with van der Waals surface area (Å²) in [5, 5.41) is 2.30. The number of nitrogens with zero attached hydrogens (tertiary/aromatic N) is 3. The highest BCUT2D eigenvalue weighted by molar-refractivity contribution is 8.03. The Kier molecular flexibility index (Phi) is 8.74. The van der Waals surface area contributed by atoms with Gasteiger partial charge in [-0.2, -0.15) is 0 Å². The molecule has 0 aliphatic carbocycles. The minimum absolute atomic E-state index is 0.00510. The number of hydrogen-bond donors (Lipinski definition) is 0. The van der Waals surface area contributed by atoms with E-state index in [0.29, 0.717) is 61.1 Å². The lowest BCUT2D eigenvalue weighted by Crippen LogP contribution is -2.43. The van der Waals surface area contributed by atoms with Crippen molar-refractivity contribution in [2.75, 3.05) is 32.8 Å². The van der Waals surface area contributed by atoms with E-state index in [0.717, 1.165) is 5.56 Å². The molecule has 0 aromatic heterocycles. The first-order valence-electron chi connectivity index (χ1n) is 12.2. The van der Waals surface area contributed by atoms with Crippen LogP contribution in [-0.4, -0.2) is 69.4 Å². The van der Waals surface area contributed by atoms with E-state index in [2.05, 4.69) is 4.99 Å². The maximum absolute atomic E-state index is 12.7. The Bertz CT molecular complexity index is 1030. The Morgan fingerprint density at radius 1 is 1.17 bits per heavy atom. The normalized spacial score (nSPS) is 18.7. The number of ether oxygens (including phenoxy) is 2. The van der Waals surface area contributed by atoms with Crippen LogP contribution in [0.3, 0.4) is 0 Å². The van der Waals surface area contributed by atoms with E-state index in [9.17, 15) is 13.8 Å². The first-order valence-corrected chi connectivity index (χ1v) is 13.4. The monoisotopic (exact) mass is 503 g/mol. The van der Waals surface area contributed by atoms with E-state index >= 15 is 0 Å². The molecule has 1 atom stereocenters. The number of likely N-dealkylation sites (tertiary alicyclic amines) is 1. The number of carbonyl (C=O) groups is 2. The van der Waals surface area contributed by atoms with Crippen LogP contribution < -0.4 is 4.74 Å². The van der Waals surface area contributed by atoms with Gasteiger partial charge in [0.25, 0.3) is 5.91 Å². The molecule has 0 saturated carbocycles. The van der Waals surface area contributed by atoms with Crippen molar-refractivity contribution in [2.24, 2.45) is 10.9 Å². The van der Waals surface area contributed by atoms with Crippen LogP contribution in [0.15, 0.2) is 34.3 Å². The summed E-state index contributed by atoms with van der Waals surface area (Å²) < 4.78 is 24.1. The second-order valence-corrected chi connectivity index (χ2v) is 11.1. The topological polar surface area (TPSA) is 88.5 Å². The highest BCUT2D eigenvalue weighted by atomic mass is 32.2. The molecule has 0 bridgehead atoms. The van der Waals surface area contributed by atoms with Crippen molar-refractivity contribution >= 4 is 27.8 Å². The van der Waals surface area contributed by atoms with E-state index in [-0.39, 0.29) is 24.5 Å². The highest BCUT2D eigenvalue weighted by Gasteiger charge is 2.32. The Hall–Kier alpha value is -2.68. The summed E-state index contributed by atoms with van der Waals surface area (Å²) in [6.07, 6.45) is 1.10. The number of piperidine rings is 1. The van der Waals surface area contributed by atoms with Crippen molar-refractivity contribution in [1.82, 2.24) is 9.80 Å². The zero-order valence-electron chi connectivity index (χ0n) is 21.6.